The number of benzene rings is 2. The lowest BCUT2D eigenvalue weighted by molar-refractivity contribution is 0.371. The van der Waals surface area contributed by atoms with Crippen molar-refractivity contribution in [2.75, 3.05) is 6.54 Å². The lowest BCUT2D eigenvalue weighted by atomic mass is 9.84. The molecule has 1 heterocycles. The molecule has 1 nitrogen and oxygen atoms in total. The summed E-state index contributed by atoms with van der Waals surface area (Å²) >= 11 is 0. The van der Waals surface area contributed by atoms with Gasteiger partial charge in [-0.3, -0.25) is 0 Å². The van der Waals surface area contributed by atoms with Gasteiger partial charge in [0.15, 0.2) is 0 Å². The first-order valence-corrected chi connectivity index (χ1v) is 7.77. The van der Waals surface area contributed by atoms with Crippen LogP contribution in [0, 0.1) is 0 Å². The van der Waals surface area contributed by atoms with Gasteiger partial charge in [0.25, 0.3) is 0 Å². The molecule has 0 bridgehead atoms. The van der Waals surface area contributed by atoms with Crippen LogP contribution in [-0.2, 0) is 0 Å². The van der Waals surface area contributed by atoms with E-state index in [1.165, 1.54) is 43.4 Å². The van der Waals surface area contributed by atoms with Gasteiger partial charge in [-0.1, -0.05) is 67.1 Å². The molecule has 1 fully saturated rings. The quantitative estimate of drug-likeness (QED) is 0.866. The smallest absolute Gasteiger partial charge is 0.0104 e. The van der Waals surface area contributed by atoms with E-state index in [4.69, 9.17) is 0 Å². The number of nitrogens with one attached hydrogen (secondary N) is 1. The van der Waals surface area contributed by atoms with Crippen LogP contribution in [-0.4, -0.2) is 12.6 Å². The molecule has 3 rings (SSSR count). The van der Waals surface area contributed by atoms with Gasteiger partial charge in [0.05, 0.1) is 0 Å². The first-order valence-electron chi connectivity index (χ1n) is 7.77. The van der Waals surface area contributed by atoms with Crippen LogP contribution in [0.3, 0.4) is 0 Å². The van der Waals surface area contributed by atoms with Gasteiger partial charge in [-0.15, -0.1) is 0 Å². The highest BCUT2D eigenvalue weighted by Crippen LogP contribution is 2.30. The molecule has 1 aliphatic heterocycles. The average Bonchev–Trinajstić information content (AvgIpc) is 2.55. The van der Waals surface area contributed by atoms with E-state index in [9.17, 15) is 0 Å². The third-order valence-corrected chi connectivity index (χ3v) is 4.34. The number of hydrogen-bond acceptors (Lipinski definition) is 1. The largest absolute Gasteiger partial charge is 0.314 e. The molecule has 0 spiro atoms. The fourth-order valence-corrected chi connectivity index (χ4v) is 3.24. The van der Waals surface area contributed by atoms with Crippen LogP contribution in [0.2, 0.25) is 0 Å². The van der Waals surface area contributed by atoms with E-state index in [1.807, 2.05) is 0 Å². The van der Waals surface area contributed by atoms with Crippen molar-refractivity contribution in [2.24, 2.45) is 0 Å². The van der Waals surface area contributed by atoms with Crippen molar-refractivity contribution in [2.45, 2.75) is 37.6 Å². The minimum atomic E-state index is 0.507. The molecule has 0 aliphatic carbocycles. The Labute approximate surface area is 122 Å². The van der Waals surface area contributed by atoms with Crippen LogP contribution >= 0.6 is 0 Å². The van der Waals surface area contributed by atoms with Gasteiger partial charge in [0.2, 0.25) is 0 Å². The molecule has 0 aromatic heterocycles. The summed E-state index contributed by atoms with van der Waals surface area (Å²) in [6.45, 7) is 1.18. The zero-order chi connectivity index (χ0) is 13.6. The van der Waals surface area contributed by atoms with Crippen LogP contribution in [0.25, 0.3) is 0 Å². The molecule has 0 radical (unpaired) electrons. The van der Waals surface area contributed by atoms with Crippen LogP contribution < -0.4 is 5.32 Å². The molecule has 0 amide bonds. The van der Waals surface area contributed by atoms with E-state index < -0.39 is 0 Å². The van der Waals surface area contributed by atoms with Crippen LogP contribution in [0.15, 0.2) is 60.7 Å². The Morgan fingerprint density at radius 2 is 1.45 bits per heavy atom. The predicted octanol–water partition coefficient (Wildman–Crippen LogP) is 4.35. The Bertz CT molecular complexity index is 460. The second-order valence-electron chi connectivity index (χ2n) is 5.76. The average molecular weight is 265 g/mol. The van der Waals surface area contributed by atoms with Crippen molar-refractivity contribution >= 4 is 0 Å². The summed E-state index contributed by atoms with van der Waals surface area (Å²) in [5.41, 5.74) is 2.87. The normalized spacial score (nSPS) is 19.1. The fraction of sp³-hybridized carbons (Fsp3) is 0.368. The first-order chi connectivity index (χ1) is 9.93. The van der Waals surface area contributed by atoms with Crippen LogP contribution in [0.5, 0.6) is 0 Å². The topological polar surface area (TPSA) is 12.0 Å². The first kappa shape index (κ1) is 13.4. The zero-order valence-corrected chi connectivity index (χ0v) is 12.0. The maximum atomic E-state index is 3.69. The third-order valence-electron chi connectivity index (χ3n) is 4.34. The summed E-state index contributed by atoms with van der Waals surface area (Å²) in [5, 5.41) is 3.69. The number of hydrogen-bond donors (Lipinski definition) is 1. The van der Waals surface area contributed by atoms with Gasteiger partial charge in [-0.2, -0.15) is 0 Å². The molecule has 1 unspecified atom stereocenters. The SMILES string of the molecule is c1ccc(C(CC2CCCCN2)c2ccccc2)cc1. The van der Waals surface area contributed by atoms with Gasteiger partial charge in [-0.25, -0.2) is 0 Å². The molecule has 1 N–H and O–H groups in total. The van der Waals surface area contributed by atoms with Gasteiger partial charge < -0.3 is 5.32 Å². The minimum absolute atomic E-state index is 0.507. The predicted molar refractivity (Wildman–Crippen MR) is 85.0 cm³/mol. The van der Waals surface area contributed by atoms with Crippen LogP contribution in [0.1, 0.15) is 42.7 Å². The maximum Gasteiger partial charge on any atom is 0.0104 e. The molecule has 1 saturated heterocycles. The Morgan fingerprint density at radius 1 is 0.850 bits per heavy atom. The highest BCUT2D eigenvalue weighted by molar-refractivity contribution is 5.32. The van der Waals surface area contributed by atoms with Crippen molar-refractivity contribution in [3.05, 3.63) is 71.8 Å². The van der Waals surface area contributed by atoms with Crippen molar-refractivity contribution < 1.29 is 0 Å². The van der Waals surface area contributed by atoms with E-state index in [0.717, 1.165) is 0 Å². The summed E-state index contributed by atoms with van der Waals surface area (Å²) in [4.78, 5) is 0. The molecule has 2 aromatic carbocycles. The molecular formula is C19H23N. The Morgan fingerprint density at radius 3 is 1.95 bits per heavy atom. The van der Waals surface area contributed by atoms with E-state index in [2.05, 4.69) is 66.0 Å². The van der Waals surface area contributed by atoms with Crippen molar-refractivity contribution in [3.8, 4) is 0 Å². The molecule has 0 saturated carbocycles. The lowest BCUT2D eigenvalue weighted by Gasteiger charge is -2.28. The third kappa shape index (κ3) is 3.29. The van der Waals surface area contributed by atoms with Gasteiger partial charge in [0, 0.05) is 12.0 Å². The Kier molecular flexibility index (Phi) is 4.49. The van der Waals surface area contributed by atoms with Crippen molar-refractivity contribution in [1.82, 2.24) is 5.32 Å². The van der Waals surface area contributed by atoms with Gasteiger partial charge >= 0.3 is 0 Å². The second-order valence-corrected chi connectivity index (χ2v) is 5.76. The van der Waals surface area contributed by atoms with Crippen LogP contribution in [0.4, 0.5) is 0 Å². The lowest BCUT2D eigenvalue weighted by Crippen LogP contribution is -2.35. The van der Waals surface area contributed by atoms with Crippen molar-refractivity contribution in [3.63, 3.8) is 0 Å². The Balaban J connectivity index is 1.83. The monoisotopic (exact) mass is 265 g/mol. The molecule has 1 heteroatoms. The molecule has 104 valence electrons. The number of rotatable bonds is 4. The molecule has 1 atom stereocenters. The summed E-state index contributed by atoms with van der Waals surface area (Å²) in [5.74, 6) is 0.507. The minimum Gasteiger partial charge on any atom is -0.314 e. The standard InChI is InChI=1S/C19H23N/c1-3-9-16(10-4-1)19(17-11-5-2-6-12-17)15-18-13-7-8-14-20-18/h1-6,9-12,18-20H,7-8,13-15H2. The zero-order valence-electron chi connectivity index (χ0n) is 12.0. The molecular weight excluding hydrogens is 242 g/mol. The van der Waals surface area contributed by atoms with Gasteiger partial charge in [0.1, 0.15) is 0 Å². The Hall–Kier alpha value is -1.60. The van der Waals surface area contributed by atoms with E-state index in [1.54, 1.807) is 0 Å². The highest BCUT2D eigenvalue weighted by Gasteiger charge is 2.20. The molecule has 1 aliphatic rings. The summed E-state index contributed by atoms with van der Waals surface area (Å²) in [7, 11) is 0. The number of piperidine rings is 1. The highest BCUT2D eigenvalue weighted by atomic mass is 14.9. The van der Waals surface area contributed by atoms with Gasteiger partial charge in [-0.05, 0) is 36.9 Å². The summed E-state index contributed by atoms with van der Waals surface area (Å²) in [6.07, 6.45) is 5.22. The maximum absolute atomic E-state index is 3.69. The van der Waals surface area contributed by atoms with E-state index in [0.29, 0.717) is 12.0 Å². The van der Waals surface area contributed by atoms with Crippen molar-refractivity contribution in [1.29, 1.82) is 0 Å². The molecule has 2 aromatic rings. The fourth-order valence-electron chi connectivity index (χ4n) is 3.24. The van der Waals surface area contributed by atoms with E-state index in [-0.39, 0.29) is 0 Å². The summed E-state index contributed by atoms with van der Waals surface area (Å²) < 4.78 is 0. The molecule has 20 heavy (non-hydrogen) atoms. The second kappa shape index (κ2) is 6.71. The van der Waals surface area contributed by atoms with E-state index >= 15 is 0 Å². The summed E-state index contributed by atoms with van der Waals surface area (Å²) in [6, 6.07) is 22.5.